The number of aryl methyl sites for hydroxylation is 1. The van der Waals surface area contributed by atoms with E-state index in [0.29, 0.717) is 29.4 Å². The maximum Gasteiger partial charge on any atom is 0.272 e. The van der Waals surface area contributed by atoms with Crippen molar-refractivity contribution in [2.24, 2.45) is 0 Å². The fourth-order valence-corrected chi connectivity index (χ4v) is 2.76. The zero-order valence-corrected chi connectivity index (χ0v) is 16.1. The van der Waals surface area contributed by atoms with Crippen molar-refractivity contribution in [3.05, 3.63) is 58.4 Å². The molecule has 0 atom stereocenters. The number of hydrogen-bond donors (Lipinski definition) is 1. The number of halogens is 1. The summed E-state index contributed by atoms with van der Waals surface area (Å²) in [6.07, 6.45) is 3.24. The summed E-state index contributed by atoms with van der Waals surface area (Å²) in [5, 5.41) is 3.38. The van der Waals surface area contributed by atoms with E-state index in [2.05, 4.69) is 10.3 Å². The van der Waals surface area contributed by atoms with Crippen molar-refractivity contribution in [1.29, 1.82) is 0 Å². The van der Waals surface area contributed by atoms with Crippen LogP contribution in [-0.2, 0) is 0 Å². The zero-order chi connectivity index (χ0) is 19.1. The molecule has 0 spiro atoms. The Balaban J connectivity index is 2.17. The summed E-state index contributed by atoms with van der Waals surface area (Å²) in [7, 11) is 0. The van der Waals surface area contributed by atoms with Crippen LogP contribution in [0.1, 0.15) is 53.1 Å². The predicted octanol–water partition coefficient (Wildman–Crippen LogP) is 4.56. The fraction of sp³-hybridized carbons (Fsp3) is 0.350. The topological polar surface area (TPSA) is 62.3 Å². The highest BCUT2D eigenvalue weighted by Crippen LogP contribution is 2.20. The summed E-state index contributed by atoms with van der Waals surface area (Å²) in [5.74, 6) is -0.458. The quantitative estimate of drug-likeness (QED) is 0.773. The first kappa shape index (κ1) is 19.9. The lowest BCUT2D eigenvalue weighted by atomic mass is 10.1. The van der Waals surface area contributed by atoms with Crippen LogP contribution in [0.5, 0.6) is 0 Å². The Kier molecular flexibility index (Phi) is 7.16. The Morgan fingerprint density at radius 1 is 1.12 bits per heavy atom. The van der Waals surface area contributed by atoms with Crippen LogP contribution in [-0.4, -0.2) is 34.8 Å². The summed E-state index contributed by atoms with van der Waals surface area (Å²) in [5.41, 5.74) is 2.21. The molecule has 26 heavy (non-hydrogen) atoms. The Morgan fingerprint density at radius 2 is 1.81 bits per heavy atom. The minimum absolute atomic E-state index is 0.151. The molecule has 1 heterocycles. The van der Waals surface area contributed by atoms with Gasteiger partial charge in [-0.05, 0) is 49.6 Å². The molecule has 0 radical (unpaired) electrons. The van der Waals surface area contributed by atoms with Gasteiger partial charge in [0, 0.05) is 35.6 Å². The number of anilines is 1. The lowest BCUT2D eigenvalue weighted by Crippen LogP contribution is -2.33. The van der Waals surface area contributed by atoms with Gasteiger partial charge in [-0.1, -0.05) is 31.5 Å². The van der Waals surface area contributed by atoms with Gasteiger partial charge < -0.3 is 10.2 Å². The molecule has 1 N–H and O–H groups in total. The number of aromatic nitrogens is 1. The average molecular weight is 374 g/mol. The monoisotopic (exact) mass is 373 g/mol. The second-order valence-electron chi connectivity index (χ2n) is 6.14. The standard InChI is InChI=1S/C20H24ClN3O2/c1-4-10-24(11-5-2)20(26)18-12-15(8-9-22-18)19(25)23-16-7-6-14(3)17(21)13-16/h6-9,12-13H,4-5,10-11H2,1-3H3,(H,23,25). The van der Waals surface area contributed by atoms with Crippen molar-refractivity contribution in [1.82, 2.24) is 9.88 Å². The van der Waals surface area contributed by atoms with Gasteiger partial charge >= 0.3 is 0 Å². The first-order valence-corrected chi connectivity index (χ1v) is 9.16. The number of carbonyl (C=O) groups excluding carboxylic acids is 2. The van der Waals surface area contributed by atoms with Crippen molar-refractivity contribution in [3.63, 3.8) is 0 Å². The molecule has 0 aliphatic rings. The largest absolute Gasteiger partial charge is 0.337 e. The lowest BCUT2D eigenvalue weighted by molar-refractivity contribution is 0.0749. The zero-order valence-electron chi connectivity index (χ0n) is 15.4. The third-order valence-corrected chi connectivity index (χ3v) is 4.35. The van der Waals surface area contributed by atoms with E-state index in [1.165, 1.54) is 12.3 Å². The number of benzene rings is 1. The number of rotatable bonds is 7. The molecule has 0 bridgehead atoms. The Morgan fingerprint density at radius 3 is 2.42 bits per heavy atom. The highest BCUT2D eigenvalue weighted by atomic mass is 35.5. The van der Waals surface area contributed by atoms with Gasteiger partial charge in [-0.15, -0.1) is 0 Å². The molecule has 0 saturated heterocycles. The van der Waals surface area contributed by atoms with Crippen LogP contribution in [0, 0.1) is 6.92 Å². The van der Waals surface area contributed by atoms with Crippen LogP contribution in [0.3, 0.4) is 0 Å². The number of nitrogens with zero attached hydrogens (tertiary/aromatic N) is 2. The smallest absolute Gasteiger partial charge is 0.272 e. The fourth-order valence-electron chi connectivity index (χ4n) is 2.58. The molecule has 1 aromatic carbocycles. The molecule has 2 amide bonds. The van der Waals surface area contributed by atoms with Crippen LogP contribution in [0.25, 0.3) is 0 Å². The van der Waals surface area contributed by atoms with Crippen molar-refractivity contribution in [2.75, 3.05) is 18.4 Å². The molecule has 5 nitrogen and oxygen atoms in total. The molecule has 0 aliphatic carbocycles. The third-order valence-electron chi connectivity index (χ3n) is 3.95. The summed E-state index contributed by atoms with van der Waals surface area (Å²) < 4.78 is 0. The Bertz CT molecular complexity index is 786. The highest BCUT2D eigenvalue weighted by molar-refractivity contribution is 6.31. The maximum atomic E-state index is 12.7. The normalized spacial score (nSPS) is 10.5. The molecule has 138 valence electrons. The van der Waals surface area contributed by atoms with E-state index in [1.807, 2.05) is 26.8 Å². The van der Waals surface area contributed by atoms with Gasteiger partial charge in [0.1, 0.15) is 5.69 Å². The number of hydrogen-bond acceptors (Lipinski definition) is 3. The molecule has 0 unspecified atom stereocenters. The van der Waals surface area contributed by atoms with E-state index < -0.39 is 0 Å². The molecule has 6 heteroatoms. The summed E-state index contributed by atoms with van der Waals surface area (Å²) in [6, 6.07) is 8.45. The Hall–Kier alpha value is -2.40. The molecular weight excluding hydrogens is 350 g/mol. The van der Waals surface area contributed by atoms with E-state index in [-0.39, 0.29) is 17.5 Å². The number of amides is 2. The lowest BCUT2D eigenvalue weighted by Gasteiger charge is -2.21. The van der Waals surface area contributed by atoms with Crippen molar-refractivity contribution in [2.45, 2.75) is 33.6 Å². The van der Waals surface area contributed by atoms with Crippen LogP contribution < -0.4 is 5.32 Å². The minimum Gasteiger partial charge on any atom is -0.337 e. The van der Waals surface area contributed by atoms with E-state index in [9.17, 15) is 9.59 Å². The summed E-state index contributed by atoms with van der Waals surface area (Å²) in [4.78, 5) is 31.1. The van der Waals surface area contributed by atoms with E-state index >= 15 is 0 Å². The predicted molar refractivity (Wildman–Crippen MR) is 105 cm³/mol. The van der Waals surface area contributed by atoms with Crippen LogP contribution >= 0.6 is 11.6 Å². The molecule has 0 saturated carbocycles. The van der Waals surface area contributed by atoms with Gasteiger partial charge in [-0.25, -0.2) is 0 Å². The first-order valence-electron chi connectivity index (χ1n) is 8.79. The maximum absolute atomic E-state index is 12.7. The SMILES string of the molecule is CCCN(CCC)C(=O)c1cc(C(=O)Nc2ccc(C)c(Cl)c2)ccn1. The van der Waals surface area contributed by atoms with E-state index in [1.54, 1.807) is 23.1 Å². The summed E-state index contributed by atoms with van der Waals surface area (Å²) in [6.45, 7) is 7.30. The minimum atomic E-state index is -0.307. The van der Waals surface area contributed by atoms with Crippen LogP contribution in [0.2, 0.25) is 5.02 Å². The first-order chi connectivity index (χ1) is 12.5. The van der Waals surface area contributed by atoms with Crippen molar-refractivity contribution < 1.29 is 9.59 Å². The van der Waals surface area contributed by atoms with Gasteiger partial charge in [0.2, 0.25) is 0 Å². The van der Waals surface area contributed by atoms with Crippen molar-refractivity contribution >= 4 is 29.1 Å². The van der Waals surface area contributed by atoms with E-state index in [0.717, 1.165) is 18.4 Å². The highest BCUT2D eigenvalue weighted by Gasteiger charge is 2.17. The Labute approximate surface area is 159 Å². The molecule has 0 aliphatic heterocycles. The molecular formula is C20H24ClN3O2. The molecule has 0 fully saturated rings. The molecule has 2 aromatic rings. The summed E-state index contributed by atoms with van der Waals surface area (Å²) >= 11 is 6.09. The van der Waals surface area contributed by atoms with E-state index in [4.69, 9.17) is 11.6 Å². The molecule has 2 rings (SSSR count). The van der Waals surface area contributed by atoms with Gasteiger partial charge in [0.15, 0.2) is 0 Å². The average Bonchev–Trinajstić information content (AvgIpc) is 2.64. The number of nitrogens with one attached hydrogen (secondary N) is 1. The number of carbonyl (C=O) groups is 2. The van der Waals surface area contributed by atoms with Gasteiger partial charge in [0.05, 0.1) is 0 Å². The molecule has 1 aromatic heterocycles. The van der Waals surface area contributed by atoms with Crippen LogP contribution in [0.4, 0.5) is 5.69 Å². The van der Waals surface area contributed by atoms with Crippen molar-refractivity contribution in [3.8, 4) is 0 Å². The number of pyridine rings is 1. The second-order valence-corrected chi connectivity index (χ2v) is 6.55. The van der Waals surface area contributed by atoms with Crippen LogP contribution in [0.15, 0.2) is 36.5 Å². The van der Waals surface area contributed by atoms with Gasteiger partial charge in [0.25, 0.3) is 11.8 Å². The third kappa shape index (κ3) is 5.05. The second kappa shape index (κ2) is 9.34. The van der Waals surface area contributed by atoms with Gasteiger partial charge in [-0.2, -0.15) is 0 Å². The van der Waals surface area contributed by atoms with Gasteiger partial charge in [-0.3, -0.25) is 14.6 Å².